The Morgan fingerprint density at radius 3 is 2.93 bits per heavy atom. The van der Waals surface area contributed by atoms with E-state index in [0.29, 0.717) is 22.2 Å². The van der Waals surface area contributed by atoms with Gasteiger partial charge in [0.05, 0.1) is 0 Å². The number of hydrogen-bond donors (Lipinski definition) is 1. The van der Waals surface area contributed by atoms with E-state index in [1.165, 1.54) is 11.0 Å². The van der Waals surface area contributed by atoms with E-state index in [9.17, 15) is 4.79 Å². The van der Waals surface area contributed by atoms with Crippen LogP contribution < -0.4 is 11.0 Å². The lowest BCUT2D eigenvalue weighted by Crippen LogP contribution is -2.29. The fraction of sp³-hybridized carbons (Fsp3) is 0.375. The lowest BCUT2D eigenvalue weighted by molar-refractivity contribution is 0.755. The highest BCUT2D eigenvalue weighted by atomic mass is 79.9. The van der Waals surface area contributed by atoms with E-state index < -0.39 is 0 Å². The van der Waals surface area contributed by atoms with Crippen LogP contribution in [0.2, 0.25) is 0 Å². The van der Waals surface area contributed by atoms with Crippen LogP contribution in [0.5, 0.6) is 0 Å². The average molecular weight is 272 g/mol. The molecule has 0 aromatic carbocycles. The standard InChI is InChI=1S/C8H10BrN5O/c1-3-11-14-4-10-5-6(8(14)15)12-13(2)7(5)9/h4,11H,3H2,1-2H3. The minimum atomic E-state index is -0.192. The first-order chi connectivity index (χ1) is 7.15. The molecular weight excluding hydrogens is 262 g/mol. The van der Waals surface area contributed by atoms with E-state index in [4.69, 9.17) is 0 Å². The van der Waals surface area contributed by atoms with Gasteiger partial charge < -0.3 is 5.43 Å². The number of nitrogens with one attached hydrogen (secondary N) is 1. The number of hydrogen-bond acceptors (Lipinski definition) is 4. The lowest BCUT2D eigenvalue weighted by Gasteiger charge is -2.04. The van der Waals surface area contributed by atoms with Gasteiger partial charge in [-0.05, 0) is 22.9 Å². The number of fused-ring (bicyclic) bond motifs is 1. The molecule has 80 valence electrons. The Kier molecular flexibility index (Phi) is 2.47. The number of aryl methyl sites for hydroxylation is 1. The number of nitrogens with zero attached hydrogens (tertiary/aromatic N) is 4. The van der Waals surface area contributed by atoms with Crippen molar-refractivity contribution in [3.05, 3.63) is 21.3 Å². The van der Waals surface area contributed by atoms with Crippen LogP contribution in [-0.4, -0.2) is 26.0 Å². The van der Waals surface area contributed by atoms with Gasteiger partial charge in [0.1, 0.15) is 16.4 Å². The summed E-state index contributed by atoms with van der Waals surface area (Å²) >= 11 is 3.32. The highest BCUT2D eigenvalue weighted by Gasteiger charge is 2.12. The van der Waals surface area contributed by atoms with Crippen LogP contribution in [0.15, 0.2) is 15.7 Å². The summed E-state index contributed by atoms with van der Waals surface area (Å²) in [5.41, 5.74) is 3.62. The summed E-state index contributed by atoms with van der Waals surface area (Å²) in [6.45, 7) is 2.56. The maximum atomic E-state index is 11.8. The van der Waals surface area contributed by atoms with Gasteiger partial charge in [0.2, 0.25) is 0 Å². The van der Waals surface area contributed by atoms with Crippen molar-refractivity contribution in [1.82, 2.24) is 19.4 Å². The molecule has 0 amide bonds. The Morgan fingerprint density at radius 1 is 1.53 bits per heavy atom. The van der Waals surface area contributed by atoms with Crippen molar-refractivity contribution in [3.63, 3.8) is 0 Å². The van der Waals surface area contributed by atoms with Crippen LogP contribution in [0, 0.1) is 0 Å². The molecule has 2 heterocycles. The summed E-state index contributed by atoms with van der Waals surface area (Å²) in [5.74, 6) is 0. The van der Waals surface area contributed by atoms with Gasteiger partial charge in [-0.25, -0.2) is 9.66 Å². The maximum absolute atomic E-state index is 11.8. The molecule has 6 nitrogen and oxygen atoms in total. The van der Waals surface area contributed by atoms with E-state index in [2.05, 4.69) is 31.4 Å². The second-order valence-electron chi connectivity index (χ2n) is 3.04. The van der Waals surface area contributed by atoms with Crippen molar-refractivity contribution in [3.8, 4) is 0 Å². The van der Waals surface area contributed by atoms with Crippen molar-refractivity contribution >= 4 is 27.0 Å². The minimum Gasteiger partial charge on any atom is -0.322 e. The van der Waals surface area contributed by atoms with Crippen LogP contribution in [0.25, 0.3) is 11.0 Å². The summed E-state index contributed by atoms with van der Waals surface area (Å²) in [7, 11) is 1.75. The molecule has 2 aromatic heterocycles. The van der Waals surface area contributed by atoms with Crippen molar-refractivity contribution < 1.29 is 0 Å². The molecule has 0 aliphatic rings. The fourth-order valence-electron chi connectivity index (χ4n) is 1.32. The minimum absolute atomic E-state index is 0.192. The van der Waals surface area contributed by atoms with Crippen LogP contribution >= 0.6 is 15.9 Å². The van der Waals surface area contributed by atoms with E-state index in [-0.39, 0.29) is 5.56 Å². The van der Waals surface area contributed by atoms with Gasteiger partial charge in [-0.3, -0.25) is 9.48 Å². The quantitative estimate of drug-likeness (QED) is 0.862. The molecule has 0 saturated heterocycles. The summed E-state index contributed by atoms with van der Waals surface area (Å²) < 4.78 is 3.62. The largest absolute Gasteiger partial charge is 0.322 e. The lowest BCUT2D eigenvalue weighted by atomic mass is 10.5. The van der Waals surface area contributed by atoms with Crippen molar-refractivity contribution in [2.45, 2.75) is 6.92 Å². The maximum Gasteiger partial charge on any atom is 0.300 e. The van der Waals surface area contributed by atoms with Gasteiger partial charge in [0, 0.05) is 13.6 Å². The SMILES string of the molecule is CCNn1cnc2c(Br)n(C)nc2c1=O. The topological polar surface area (TPSA) is 64.7 Å². The van der Waals surface area contributed by atoms with Crippen LogP contribution in [0.4, 0.5) is 0 Å². The molecule has 0 radical (unpaired) electrons. The predicted molar refractivity (Wildman–Crippen MR) is 60.4 cm³/mol. The van der Waals surface area contributed by atoms with Gasteiger partial charge in [-0.2, -0.15) is 5.10 Å². The van der Waals surface area contributed by atoms with Crippen LogP contribution in [0.3, 0.4) is 0 Å². The molecule has 2 aromatic rings. The molecule has 0 unspecified atom stereocenters. The van der Waals surface area contributed by atoms with E-state index in [1.807, 2.05) is 6.92 Å². The second-order valence-corrected chi connectivity index (χ2v) is 3.79. The number of rotatable bonds is 2. The van der Waals surface area contributed by atoms with E-state index >= 15 is 0 Å². The monoisotopic (exact) mass is 271 g/mol. The predicted octanol–water partition coefficient (Wildman–Crippen LogP) is 0.456. The fourth-order valence-corrected chi connectivity index (χ4v) is 1.69. The van der Waals surface area contributed by atoms with Crippen LogP contribution in [0.1, 0.15) is 6.92 Å². The Morgan fingerprint density at radius 2 is 2.27 bits per heavy atom. The normalized spacial score (nSPS) is 10.9. The summed E-state index contributed by atoms with van der Waals surface area (Å²) in [6.07, 6.45) is 1.46. The summed E-state index contributed by atoms with van der Waals surface area (Å²) in [5, 5.41) is 4.09. The zero-order chi connectivity index (χ0) is 11.0. The molecule has 15 heavy (non-hydrogen) atoms. The zero-order valence-corrected chi connectivity index (χ0v) is 9.95. The highest BCUT2D eigenvalue weighted by Crippen LogP contribution is 2.17. The summed E-state index contributed by atoms with van der Waals surface area (Å²) in [4.78, 5) is 16.0. The third-order valence-electron chi connectivity index (χ3n) is 2.01. The first-order valence-corrected chi connectivity index (χ1v) is 5.28. The molecule has 0 spiro atoms. The highest BCUT2D eigenvalue weighted by molar-refractivity contribution is 9.10. The van der Waals surface area contributed by atoms with Gasteiger partial charge in [-0.1, -0.05) is 0 Å². The van der Waals surface area contributed by atoms with Gasteiger partial charge in [0.15, 0.2) is 5.52 Å². The first kappa shape index (κ1) is 10.2. The Labute approximate surface area is 94.0 Å². The Bertz CT molecular complexity index is 558. The molecule has 0 bridgehead atoms. The Balaban J connectivity index is 2.74. The third-order valence-corrected chi connectivity index (χ3v) is 2.89. The van der Waals surface area contributed by atoms with E-state index in [1.54, 1.807) is 11.7 Å². The first-order valence-electron chi connectivity index (χ1n) is 4.49. The summed E-state index contributed by atoms with van der Waals surface area (Å²) in [6, 6.07) is 0. The van der Waals surface area contributed by atoms with Crippen LogP contribution in [-0.2, 0) is 7.05 Å². The molecular formula is C8H10BrN5O. The molecule has 0 fully saturated rings. The second kappa shape index (κ2) is 3.65. The molecule has 0 aliphatic heterocycles. The number of aromatic nitrogens is 4. The van der Waals surface area contributed by atoms with E-state index in [0.717, 1.165) is 0 Å². The number of halogens is 1. The molecule has 0 atom stereocenters. The molecule has 0 saturated carbocycles. The Hall–Kier alpha value is -1.37. The van der Waals surface area contributed by atoms with Gasteiger partial charge >= 0.3 is 0 Å². The molecule has 7 heteroatoms. The molecule has 2 rings (SSSR count). The average Bonchev–Trinajstić information content (AvgIpc) is 2.50. The molecule has 1 N–H and O–H groups in total. The van der Waals surface area contributed by atoms with Gasteiger partial charge in [-0.15, -0.1) is 0 Å². The van der Waals surface area contributed by atoms with Crippen molar-refractivity contribution in [1.29, 1.82) is 0 Å². The van der Waals surface area contributed by atoms with Gasteiger partial charge in [0.25, 0.3) is 5.56 Å². The smallest absolute Gasteiger partial charge is 0.300 e. The third kappa shape index (κ3) is 1.52. The van der Waals surface area contributed by atoms with Crippen molar-refractivity contribution in [2.75, 3.05) is 12.0 Å². The zero-order valence-electron chi connectivity index (χ0n) is 8.36. The molecule has 0 aliphatic carbocycles. The van der Waals surface area contributed by atoms with Crippen molar-refractivity contribution in [2.24, 2.45) is 7.05 Å².